The molecule has 0 spiro atoms. The first-order chi connectivity index (χ1) is 10.0. The van der Waals surface area contributed by atoms with Gasteiger partial charge in [0, 0.05) is 25.5 Å². The molecule has 0 aliphatic carbocycles. The number of nitrogens with zero attached hydrogens (tertiary/aromatic N) is 5. The third kappa shape index (κ3) is 2.49. The first kappa shape index (κ1) is 14.3. The maximum Gasteiger partial charge on any atom is 0.214 e. The largest absolute Gasteiger partial charge is 0.328 e. The van der Waals surface area contributed by atoms with Crippen LogP contribution in [0.4, 0.5) is 0 Å². The maximum atomic E-state index is 12.1. The molecule has 0 unspecified atom stereocenters. The summed E-state index contributed by atoms with van der Waals surface area (Å²) in [5.74, 6) is 0.929. The molecule has 0 saturated carbocycles. The molecule has 3 rings (SSSR count). The summed E-state index contributed by atoms with van der Waals surface area (Å²) in [6.07, 6.45) is 5.46. The summed E-state index contributed by atoms with van der Waals surface area (Å²) in [5, 5.41) is 4.20. The molecular weight excluding hydrogens is 290 g/mol. The molecule has 3 heterocycles. The van der Waals surface area contributed by atoms with E-state index in [1.54, 1.807) is 17.4 Å². The molecule has 0 fully saturated rings. The van der Waals surface area contributed by atoms with E-state index in [1.807, 2.05) is 30.1 Å². The fraction of sp³-hybridized carbons (Fsp3) is 0.538. The zero-order valence-electron chi connectivity index (χ0n) is 12.2. The molecule has 0 bridgehead atoms. The van der Waals surface area contributed by atoms with Crippen LogP contribution in [-0.4, -0.2) is 44.4 Å². The molecule has 7 nitrogen and oxygen atoms in total. The van der Waals surface area contributed by atoms with Crippen molar-refractivity contribution in [2.24, 2.45) is 0 Å². The van der Waals surface area contributed by atoms with Gasteiger partial charge in [-0.1, -0.05) is 0 Å². The monoisotopic (exact) mass is 309 g/mol. The lowest BCUT2D eigenvalue weighted by atomic mass is 10.2. The van der Waals surface area contributed by atoms with Crippen LogP contribution in [-0.2, 0) is 23.1 Å². The Morgan fingerprint density at radius 2 is 2.19 bits per heavy atom. The Labute approximate surface area is 124 Å². The quantitative estimate of drug-likeness (QED) is 0.839. The Morgan fingerprint density at radius 3 is 2.86 bits per heavy atom. The van der Waals surface area contributed by atoms with Gasteiger partial charge >= 0.3 is 0 Å². The summed E-state index contributed by atoms with van der Waals surface area (Å²) in [6.45, 7) is 5.34. The van der Waals surface area contributed by atoms with E-state index < -0.39 is 10.0 Å². The molecule has 0 N–H and O–H groups in total. The summed E-state index contributed by atoms with van der Waals surface area (Å²) < 4.78 is 29.7. The lowest BCUT2D eigenvalue weighted by molar-refractivity contribution is 0.273. The lowest BCUT2D eigenvalue weighted by Crippen LogP contribution is -2.42. The predicted molar refractivity (Wildman–Crippen MR) is 78.1 cm³/mol. The van der Waals surface area contributed by atoms with Crippen molar-refractivity contribution in [1.82, 2.24) is 23.6 Å². The number of aromatic nitrogens is 4. The highest BCUT2D eigenvalue weighted by Gasteiger charge is 2.33. The number of fused-ring (bicyclic) bond motifs is 1. The highest BCUT2D eigenvalue weighted by molar-refractivity contribution is 7.89. The average molecular weight is 309 g/mol. The molecule has 21 heavy (non-hydrogen) atoms. The second kappa shape index (κ2) is 5.27. The summed E-state index contributed by atoms with van der Waals surface area (Å²) in [6, 6.07) is 1.65. The zero-order valence-corrected chi connectivity index (χ0v) is 13.0. The highest BCUT2D eigenvalue weighted by Crippen LogP contribution is 2.28. The van der Waals surface area contributed by atoms with Gasteiger partial charge in [0.15, 0.2) is 0 Å². The zero-order chi connectivity index (χ0) is 15.0. The van der Waals surface area contributed by atoms with Crippen molar-refractivity contribution in [1.29, 1.82) is 0 Å². The van der Waals surface area contributed by atoms with E-state index in [9.17, 15) is 8.42 Å². The molecule has 8 heteroatoms. The van der Waals surface area contributed by atoms with E-state index >= 15 is 0 Å². The van der Waals surface area contributed by atoms with Crippen LogP contribution in [0.15, 0.2) is 24.7 Å². The minimum atomic E-state index is -3.19. The van der Waals surface area contributed by atoms with Gasteiger partial charge in [-0.05, 0) is 19.9 Å². The molecule has 1 atom stereocenters. The molecule has 0 saturated heterocycles. The number of hydrogen-bond donors (Lipinski definition) is 0. The summed E-state index contributed by atoms with van der Waals surface area (Å²) in [4.78, 5) is 4.43. The van der Waals surface area contributed by atoms with E-state index in [1.165, 1.54) is 0 Å². The Kier molecular flexibility index (Phi) is 3.58. The lowest BCUT2D eigenvalue weighted by Gasteiger charge is -2.33. The average Bonchev–Trinajstić information content (AvgIpc) is 3.10. The third-order valence-corrected chi connectivity index (χ3v) is 5.87. The van der Waals surface area contributed by atoms with Gasteiger partial charge in [-0.3, -0.25) is 4.68 Å². The van der Waals surface area contributed by atoms with Gasteiger partial charge in [-0.2, -0.15) is 9.40 Å². The SMILES string of the molecule is CCS(=O)(=O)N1CCn2c(Cn3cccn3)cnc2[C@H]1C. The van der Waals surface area contributed by atoms with Crippen LogP contribution in [0.1, 0.15) is 31.4 Å². The van der Waals surface area contributed by atoms with Crippen LogP contribution in [0.2, 0.25) is 0 Å². The normalized spacial score (nSPS) is 19.6. The van der Waals surface area contributed by atoms with Crippen molar-refractivity contribution in [3.05, 3.63) is 36.2 Å². The number of rotatable bonds is 4. The van der Waals surface area contributed by atoms with Gasteiger partial charge in [0.05, 0.1) is 30.2 Å². The fourth-order valence-corrected chi connectivity index (χ4v) is 4.04. The van der Waals surface area contributed by atoms with Crippen molar-refractivity contribution in [2.45, 2.75) is 33.0 Å². The van der Waals surface area contributed by atoms with Crippen LogP contribution >= 0.6 is 0 Å². The first-order valence-corrected chi connectivity index (χ1v) is 8.65. The standard InChI is InChI=1S/C13H19N5O2S/c1-3-21(19,20)18-8-7-17-12(9-14-13(17)11(18)2)10-16-6-4-5-15-16/h4-6,9,11H,3,7-8,10H2,1-2H3/t11-/m1/s1. The Morgan fingerprint density at radius 1 is 1.38 bits per heavy atom. The molecular formula is C13H19N5O2S. The van der Waals surface area contributed by atoms with E-state index in [0.29, 0.717) is 19.6 Å². The van der Waals surface area contributed by atoms with Crippen molar-refractivity contribution in [3.8, 4) is 0 Å². The van der Waals surface area contributed by atoms with Crippen LogP contribution in [0, 0.1) is 0 Å². The molecule has 1 aliphatic heterocycles. The van der Waals surface area contributed by atoms with Gasteiger partial charge in [0.1, 0.15) is 5.82 Å². The summed E-state index contributed by atoms with van der Waals surface area (Å²) in [5.41, 5.74) is 1.05. The first-order valence-electron chi connectivity index (χ1n) is 7.04. The van der Waals surface area contributed by atoms with E-state index in [0.717, 1.165) is 11.5 Å². The predicted octanol–water partition coefficient (Wildman–Crippen LogP) is 0.854. The molecule has 0 radical (unpaired) electrons. The van der Waals surface area contributed by atoms with E-state index in [2.05, 4.69) is 14.6 Å². The molecule has 2 aromatic rings. The second-order valence-corrected chi connectivity index (χ2v) is 7.36. The van der Waals surface area contributed by atoms with E-state index in [-0.39, 0.29) is 11.8 Å². The van der Waals surface area contributed by atoms with Gasteiger partial charge < -0.3 is 4.57 Å². The van der Waals surface area contributed by atoms with Crippen LogP contribution in [0.25, 0.3) is 0 Å². The molecule has 2 aromatic heterocycles. The van der Waals surface area contributed by atoms with Gasteiger partial charge in [-0.15, -0.1) is 0 Å². The molecule has 1 aliphatic rings. The van der Waals surface area contributed by atoms with Crippen molar-refractivity contribution >= 4 is 10.0 Å². The van der Waals surface area contributed by atoms with Crippen molar-refractivity contribution < 1.29 is 8.42 Å². The van der Waals surface area contributed by atoms with E-state index in [4.69, 9.17) is 0 Å². The van der Waals surface area contributed by atoms with Crippen LogP contribution in [0.5, 0.6) is 0 Å². The van der Waals surface area contributed by atoms with Gasteiger partial charge in [0.25, 0.3) is 0 Å². The summed E-state index contributed by atoms with van der Waals surface area (Å²) >= 11 is 0. The smallest absolute Gasteiger partial charge is 0.214 e. The molecule has 0 aromatic carbocycles. The maximum absolute atomic E-state index is 12.1. The Hall–Kier alpha value is -1.67. The topological polar surface area (TPSA) is 73.0 Å². The number of imidazole rings is 1. The minimum absolute atomic E-state index is 0.123. The second-order valence-electron chi connectivity index (χ2n) is 5.15. The van der Waals surface area contributed by atoms with Gasteiger partial charge in [-0.25, -0.2) is 13.4 Å². The molecule has 114 valence electrons. The minimum Gasteiger partial charge on any atom is -0.328 e. The van der Waals surface area contributed by atoms with Gasteiger partial charge in [0.2, 0.25) is 10.0 Å². The fourth-order valence-electron chi connectivity index (χ4n) is 2.77. The highest BCUT2D eigenvalue weighted by atomic mass is 32.2. The van der Waals surface area contributed by atoms with Crippen LogP contribution < -0.4 is 0 Å². The third-order valence-electron chi connectivity index (χ3n) is 3.92. The number of sulfonamides is 1. The Balaban J connectivity index is 1.89. The van der Waals surface area contributed by atoms with Crippen molar-refractivity contribution in [2.75, 3.05) is 12.3 Å². The summed E-state index contributed by atoms with van der Waals surface area (Å²) in [7, 11) is -3.19. The Bertz CT molecular complexity index is 720. The molecule has 0 amide bonds. The number of hydrogen-bond acceptors (Lipinski definition) is 4. The van der Waals surface area contributed by atoms with Crippen molar-refractivity contribution in [3.63, 3.8) is 0 Å². The van der Waals surface area contributed by atoms with Crippen LogP contribution in [0.3, 0.4) is 0 Å².